The summed E-state index contributed by atoms with van der Waals surface area (Å²) in [5.41, 5.74) is 5.88. The Bertz CT molecular complexity index is 782. The summed E-state index contributed by atoms with van der Waals surface area (Å²) in [6, 6.07) is 12.6. The van der Waals surface area contributed by atoms with Gasteiger partial charge in [-0.3, -0.25) is 0 Å². The van der Waals surface area contributed by atoms with Crippen LogP contribution < -0.4 is 16.7 Å². The molecule has 0 aliphatic carbocycles. The molecule has 2 aromatic heterocycles. The number of hydrogen-bond donors (Lipinski definition) is 2. The normalized spacial score (nSPS) is 10.5. The average Bonchev–Trinajstić information content (AvgIpc) is 2.45. The highest BCUT2D eigenvalue weighted by molar-refractivity contribution is 5.98. The van der Waals surface area contributed by atoms with E-state index in [2.05, 4.69) is 10.3 Å². The third kappa shape index (κ3) is 2.01. The molecule has 94 valence electrons. The highest BCUT2D eigenvalue weighted by Crippen LogP contribution is 2.29. The van der Waals surface area contributed by atoms with Gasteiger partial charge in [0, 0.05) is 11.6 Å². The molecule has 5 heteroatoms. The van der Waals surface area contributed by atoms with E-state index in [1.165, 1.54) is 0 Å². The van der Waals surface area contributed by atoms with Gasteiger partial charge in [-0.1, -0.05) is 24.3 Å². The number of anilines is 3. The average molecular weight is 253 g/mol. The molecule has 0 aliphatic rings. The standard InChI is InChI=1S/C14H11N3O2/c15-13-12(17-11-7-3-4-8-16-11)9-5-1-2-6-10(9)14(18)19-13/h1-8H,15H2,(H,16,17). The molecule has 0 aliphatic heterocycles. The number of nitrogens with one attached hydrogen (secondary N) is 1. The van der Waals surface area contributed by atoms with Crippen molar-refractivity contribution in [3.05, 3.63) is 59.1 Å². The number of benzene rings is 1. The Morgan fingerprint density at radius 2 is 1.79 bits per heavy atom. The van der Waals surface area contributed by atoms with Crippen molar-refractivity contribution < 1.29 is 4.42 Å². The van der Waals surface area contributed by atoms with Crippen molar-refractivity contribution in [1.29, 1.82) is 0 Å². The van der Waals surface area contributed by atoms with Crippen molar-refractivity contribution in [1.82, 2.24) is 4.98 Å². The quantitative estimate of drug-likeness (QED) is 0.733. The second-order valence-corrected chi connectivity index (χ2v) is 4.01. The number of nitrogens with zero attached hydrogens (tertiary/aromatic N) is 1. The number of fused-ring (bicyclic) bond motifs is 1. The van der Waals surface area contributed by atoms with Crippen LogP contribution in [-0.2, 0) is 0 Å². The zero-order valence-corrected chi connectivity index (χ0v) is 9.96. The number of nitrogen functional groups attached to an aromatic ring is 1. The van der Waals surface area contributed by atoms with Crippen LogP contribution in [0.3, 0.4) is 0 Å². The Morgan fingerprint density at radius 3 is 2.53 bits per heavy atom. The Balaban J connectivity index is 2.21. The van der Waals surface area contributed by atoms with Gasteiger partial charge in [-0.2, -0.15) is 0 Å². The molecule has 5 nitrogen and oxygen atoms in total. The first-order chi connectivity index (χ1) is 9.25. The van der Waals surface area contributed by atoms with Crippen LogP contribution >= 0.6 is 0 Å². The van der Waals surface area contributed by atoms with Gasteiger partial charge in [0.25, 0.3) is 0 Å². The summed E-state index contributed by atoms with van der Waals surface area (Å²) in [4.78, 5) is 15.9. The van der Waals surface area contributed by atoms with E-state index in [1.54, 1.807) is 24.4 Å². The van der Waals surface area contributed by atoms with Crippen molar-refractivity contribution >= 4 is 28.2 Å². The Labute approximate surface area is 108 Å². The van der Waals surface area contributed by atoms with Crippen LogP contribution in [0.2, 0.25) is 0 Å². The zero-order chi connectivity index (χ0) is 13.2. The summed E-state index contributed by atoms with van der Waals surface area (Å²) in [6.07, 6.45) is 1.67. The lowest BCUT2D eigenvalue weighted by Gasteiger charge is -2.10. The number of hydrogen-bond acceptors (Lipinski definition) is 5. The SMILES string of the molecule is Nc1oc(=O)c2ccccc2c1Nc1ccccn1. The summed E-state index contributed by atoms with van der Waals surface area (Å²) in [5.74, 6) is 0.683. The van der Waals surface area contributed by atoms with E-state index in [0.29, 0.717) is 22.3 Å². The number of rotatable bonds is 2. The van der Waals surface area contributed by atoms with Crippen LogP contribution in [0.25, 0.3) is 10.8 Å². The summed E-state index contributed by atoms with van der Waals surface area (Å²) in [6.45, 7) is 0. The Morgan fingerprint density at radius 1 is 1.05 bits per heavy atom. The second kappa shape index (κ2) is 4.45. The molecule has 0 amide bonds. The van der Waals surface area contributed by atoms with Crippen molar-refractivity contribution in [3.63, 3.8) is 0 Å². The zero-order valence-electron chi connectivity index (χ0n) is 9.96. The van der Waals surface area contributed by atoms with Crippen molar-refractivity contribution in [3.8, 4) is 0 Å². The minimum Gasteiger partial charge on any atom is -0.404 e. The molecule has 0 bridgehead atoms. The fraction of sp³-hybridized carbons (Fsp3) is 0. The second-order valence-electron chi connectivity index (χ2n) is 4.01. The van der Waals surface area contributed by atoms with Gasteiger partial charge in [-0.25, -0.2) is 9.78 Å². The van der Waals surface area contributed by atoms with E-state index in [4.69, 9.17) is 10.2 Å². The van der Waals surface area contributed by atoms with Crippen molar-refractivity contribution in [2.45, 2.75) is 0 Å². The number of aromatic nitrogens is 1. The minimum absolute atomic E-state index is 0.0503. The van der Waals surface area contributed by atoms with Gasteiger partial charge in [0.1, 0.15) is 11.5 Å². The van der Waals surface area contributed by atoms with E-state index < -0.39 is 5.63 Å². The van der Waals surface area contributed by atoms with Crippen LogP contribution in [0.5, 0.6) is 0 Å². The van der Waals surface area contributed by atoms with E-state index in [0.717, 1.165) is 0 Å². The first-order valence-corrected chi connectivity index (χ1v) is 5.75. The number of pyridine rings is 1. The molecule has 2 heterocycles. The van der Waals surface area contributed by atoms with Crippen molar-refractivity contribution in [2.75, 3.05) is 11.1 Å². The molecule has 0 radical (unpaired) electrons. The van der Waals surface area contributed by atoms with Gasteiger partial charge in [0.2, 0.25) is 5.88 Å². The predicted octanol–water partition coefficient (Wildman–Crippen LogP) is 2.51. The topological polar surface area (TPSA) is 81.1 Å². The minimum atomic E-state index is -0.445. The van der Waals surface area contributed by atoms with Crippen LogP contribution in [0.1, 0.15) is 0 Å². The third-order valence-electron chi connectivity index (χ3n) is 2.78. The monoisotopic (exact) mass is 253 g/mol. The highest BCUT2D eigenvalue weighted by Gasteiger charge is 2.11. The van der Waals surface area contributed by atoms with Gasteiger partial charge < -0.3 is 15.5 Å². The van der Waals surface area contributed by atoms with Crippen LogP contribution in [0.15, 0.2) is 57.9 Å². The molecule has 3 rings (SSSR count). The van der Waals surface area contributed by atoms with Gasteiger partial charge in [0.15, 0.2) is 0 Å². The third-order valence-corrected chi connectivity index (χ3v) is 2.78. The first kappa shape index (κ1) is 11.3. The van der Waals surface area contributed by atoms with Crippen molar-refractivity contribution in [2.24, 2.45) is 0 Å². The fourth-order valence-electron chi connectivity index (χ4n) is 1.91. The van der Waals surface area contributed by atoms with E-state index in [9.17, 15) is 4.79 Å². The van der Waals surface area contributed by atoms with Crippen LogP contribution in [-0.4, -0.2) is 4.98 Å². The maximum Gasteiger partial charge on any atom is 0.345 e. The molecule has 0 fully saturated rings. The van der Waals surface area contributed by atoms with Crippen LogP contribution in [0.4, 0.5) is 17.4 Å². The maximum absolute atomic E-state index is 11.7. The van der Waals surface area contributed by atoms with Gasteiger partial charge in [-0.15, -0.1) is 0 Å². The van der Waals surface area contributed by atoms with Crippen LogP contribution in [0, 0.1) is 0 Å². The summed E-state index contributed by atoms with van der Waals surface area (Å²) in [5, 5.41) is 4.27. The fourth-order valence-corrected chi connectivity index (χ4v) is 1.91. The summed E-state index contributed by atoms with van der Waals surface area (Å²) in [7, 11) is 0. The molecule has 3 aromatic rings. The highest BCUT2D eigenvalue weighted by atomic mass is 16.4. The lowest BCUT2D eigenvalue weighted by Crippen LogP contribution is -2.06. The smallest absolute Gasteiger partial charge is 0.345 e. The molecule has 0 spiro atoms. The lowest BCUT2D eigenvalue weighted by atomic mass is 10.1. The molecule has 19 heavy (non-hydrogen) atoms. The molecule has 0 unspecified atom stereocenters. The summed E-state index contributed by atoms with van der Waals surface area (Å²) < 4.78 is 5.03. The molecule has 0 atom stereocenters. The molecule has 1 aromatic carbocycles. The molecule has 3 N–H and O–H groups in total. The summed E-state index contributed by atoms with van der Waals surface area (Å²) >= 11 is 0. The van der Waals surface area contributed by atoms with E-state index in [-0.39, 0.29) is 5.88 Å². The Hall–Kier alpha value is -2.82. The molecule has 0 saturated carbocycles. The van der Waals surface area contributed by atoms with E-state index >= 15 is 0 Å². The Kier molecular flexibility index (Phi) is 2.64. The van der Waals surface area contributed by atoms with Gasteiger partial charge in [-0.05, 0) is 18.2 Å². The largest absolute Gasteiger partial charge is 0.404 e. The predicted molar refractivity (Wildman–Crippen MR) is 74.4 cm³/mol. The molecular formula is C14H11N3O2. The number of nitrogens with two attached hydrogens (primary N) is 1. The maximum atomic E-state index is 11.7. The van der Waals surface area contributed by atoms with E-state index in [1.807, 2.05) is 24.3 Å². The van der Waals surface area contributed by atoms with Gasteiger partial charge in [0.05, 0.1) is 5.39 Å². The first-order valence-electron chi connectivity index (χ1n) is 5.75. The molecule has 0 saturated heterocycles. The van der Waals surface area contributed by atoms with Gasteiger partial charge >= 0.3 is 5.63 Å². The lowest BCUT2D eigenvalue weighted by molar-refractivity contribution is 0.541. The molecular weight excluding hydrogens is 242 g/mol.